The molecule has 8 nitrogen and oxygen atoms in total. The lowest BCUT2D eigenvalue weighted by molar-refractivity contribution is -0.140. The minimum Gasteiger partial charge on any atom is -0.497 e. The number of nitrogens with one attached hydrogen (secondary N) is 1. The van der Waals surface area contributed by atoms with Crippen molar-refractivity contribution in [2.75, 3.05) is 18.0 Å². The van der Waals surface area contributed by atoms with E-state index in [1.54, 1.807) is 43.5 Å². The van der Waals surface area contributed by atoms with Crippen molar-refractivity contribution in [2.24, 2.45) is 0 Å². The summed E-state index contributed by atoms with van der Waals surface area (Å²) in [7, 11) is -2.79. The second-order valence-corrected chi connectivity index (χ2v) is 12.4. The van der Waals surface area contributed by atoms with Crippen LogP contribution < -0.4 is 14.4 Å². The Morgan fingerprint density at radius 3 is 2.24 bits per heavy atom. The molecule has 0 aromatic heterocycles. The van der Waals surface area contributed by atoms with Crippen LogP contribution in [-0.4, -0.2) is 50.9 Å². The third-order valence-corrected chi connectivity index (χ3v) is 9.38. The highest BCUT2D eigenvalue weighted by molar-refractivity contribution is 7.92. The van der Waals surface area contributed by atoms with E-state index >= 15 is 4.39 Å². The molecule has 1 saturated carbocycles. The smallest absolute Gasteiger partial charge is 0.264 e. The molecule has 10 heteroatoms. The van der Waals surface area contributed by atoms with Crippen LogP contribution in [0.3, 0.4) is 0 Å². The van der Waals surface area contributed by atoms with Gasteiger partial charge in [-0.2, -0.15) is 0 Å². The van der Waals surface area contributed by atoms with E-state index in [0.29, 0.717) is 12.2 Å². The highest BCUT2D eigenvalue weighted by Crippen LogP contribution is 2.28. The van der Waals surface area contributed by atoms with Crippen molar-refractivity contribution >= 4 is 27.5 Å². The van der Waals surface area contributed by atoms with Crippen molar-refractivity contribution in [1.29, 1.82) is 0 Å². The Kier molecular flexibility index (Phi) is 10.2. The van der Waals surface area contributed by atoms with Crippen LogP contribution >= 0.6 is 0 Å². The molecule has 42 heavy (non-hydrogen) atoms. The first kappa shape index (κ1) is 31.0. The summed E-state index contributed by atoms with van der Waals surface area (Å²) >= 11 is 0. The lowest BCUT2D eigenvalue weighted by Crippen LogP contribution is -2.53. The van der Waals surface area contributed by atoms with Crippen LogP contribution in [0, 0.1) is 12.7 Å². The molecule has 0 radical (unpaired) electrons. The molecule has 224 valence electrons. The van der Waals surface area contributed by atoms with E-state index < -0.39 is 34.3 Å². The summed E-state index contributed by atoms with van der Waals surface area (Å²) in [5, 5.41) is 3.08. The number of anilines is 1. The topological polar surface area (TPSA) is 96.0 Å². The van der Waals surface area contributed by atoms with Crippen LogP contribution in [0.5, 0.6) is 5.75 Å². The van der Waals surface area contributed by atoms with Gasteiger partial charge >= 0.3 is 0 Å². The predicted octanol–water partition coefficient (Wildman–Crippen LogP) is 5.20. The number of methoxy groups -OCH3 is 1. The molecule has 3 aromatic carbocycles. The molecular formula is C32H38FN3O5S. The predicted molar refractivity (Wildman–Crippen MR) is 160 cm³/mol. The highest BCUT2D eigenvalue weighted by Gasteiger charge is 2.35. The SMILES string of the molecule is CCC(C(=O)NC1CCCC1)N(Cc1ccc(OC)cc1)C(=O)CN(c1ccccc1F)S(=O)(=O)c1ccc(C)cc1. The first-order valence-electron chi connectivity index (χ1n) is 14.2. The van der Waals surface area contributed by atoms with Crippen LogP contribution in [0.4, 0.5) is 10.1 Å². The van der Waals surface area contributed by atoms with Crippen molar-refractivity contribution in [3.05, 3.63) is 89.7 Å². The minimum absolute atomic E-state index is 0.0429. The summed E-state index contributed by atoms with van der Waals surface area (Å²) in [4.78, 5) is 29.0. The van der Waals surface area contributed by atoms with E-state index in [0.717, 1.165) is 47.2 Å². The van der Waals surface area contributed by atoms with Crippen LogP contribution in [0.15, 0.2) is 77.7 Å². The summed E-state index contributed by atoms with van der Waals surface area (Å²) in [6.07, 6.45) is 4.13. The van der Waals surface area contributed by atoms with Crippen molar-refractivity contribution in [3.8, 4) is 5.75 Å². The van der Waals surface area contributed by atoms with Crippen LogP contribution in [-0.2, 0) is 26.2 Å². The van der Waals surface area contributed by atoms with Crippen molar-refractivity contribution in [2.45, 2.75) is 69.5 Å². The van der Waals surface area contributed by atoms with Gasteiger partial charge in [0.1, 0.15) is 24.2 Å². The van der Waals surface area contributed by atoms with Crippen LogP contribution in [0.1, 0.15) is 50.2 Å². The second kappa shape index (κ2) is 13.8. The second-order valence-electron chi connectivity index (χ2n) is 10.6. The zero-order valence-electron chi connectivity index (χ0n) is 24.3. The molecule has 3 aromatic rings. The molecule has 1 aliphatic rings. The number of hydrogen-bond donors (Lipinski definition) is 1. The monoisotopic (exact) mass is 595 g/mol. The third-order valence-electron chi connectivity index (χ3n) is 7.61. The van der Waals surface area contributed by atoms with Gasteiger partial charge in [0.15, 0.2) is 0 Å². The molecule has 0 bridgehead atoms. The van der Waals surface area contributed by atoms with Gasteiger partial charge in [0.05, 0.1) is 17.7 Å². The summed E-state index contributed by atoms with van der Waals surface area (Å²) < 4.78 is 48.9. The molecule has 1 N–H and O–H groups in total. The van der Waals surface area contributed by atoms with Gasteiger partial charge in [0.25, 0.3) is 10.0 Å². The largest absolute Gasteiger partial charge is 0.497 e. The standard InChI is InChI=1S/C32H38FN3O5S/c1-4-29(32(38)34-25-9-5-6-10-25)35(21-24-15-17-26(41-3)18-16-24)31(37)22-36(30-12-8-7-11-28(30)33)42(39,40)27-19-13-23(2)14-20-27/h7-8,11-20,25,29H,4-6,9-10,21-22H2,1-3H3,(H,34,38). The number of para-hydroxylation sites is 1. The van der Waals surface area contributed by atoms with Crippen LogP contribution in [0.25, 0.3) is 0 Å². The number of ether oxygens (including phenoxy) is 1. The van der Waals surface area contributed by atoms with Gasteiger partial charge in [-0.15, -0.1) is 0 Å². The van der Waals surface area contributed by atoms with Gasteiger partial charge < -0.3 is 15.0 Å². The number of sulfonamides is 1. The van der Waals surface area contributed by atoms with Gasteiger partial charge in [0, 0.05) is 12.6 Å². The average molecular weight is 596 g/mol. The molecule has 1 atom stereocenters. The summed E-state index contributed by atoms with van der Waals surface area (Å²) in [6, 6.07) is 17.9. The Balaban J connectivity index is 1.72. The lowest BCUT2D eigenvalue weighted by atomic mass is 10.1. The average Bonchev–Trinajstić information content (AvgIpc) is 3.49. The molecule has 0 aliphatic heterocycles. The first-order chi connectivity index (χ1) is 20.1. The maximum absolute atomic E-state index is 15.1. The minimum atomic E-state index is -4.35. The fourth-order valence-electron chi connectivity index (χ4n) is 5.22. The van der Waals surface area contributed by atoms with Crippen molar-refractivity contribution < 1.29 is 27.1 Å². The number of benzene rings is 3. The van der Waals surface area contributed by atoms with Crippen molar-refractivity contribution in [1.82, 2.24) is 10.2 Å². The number of carbonyl (C=O) groups excluding carboxylic acids is 2. The zero-order valence-corrected chi connectivity index (χ0v) is 25.1. The Hall–Kier alpha value is -3.92. The van der Waals surface area contributed by atoms with Gasteiger partial charge in [-0.05, 0) is 68.1 Å². The number of aryl methyl sites for hydroxylation is 1. The summed E-state index contributed by atoms with van der Waals surface area (Å²) in [6.45, 7) is 2.99. The fourth-order valence-corrected chi connectivity index (χ4v) is 6.64. The lowest BCUT2D eigenvalue weighted by Gasteiger charge is -2.34. The van der Waals surface area contributed by atoms with Gasteiger partial charge in [-0.3, -0.25) is 13.9 Å². The Morgan fingerprint density at radius 1 is 1.00 bits per heavy atom. The molecule has 1 fully saturated rings. The number of amides is 2. The maximum atomic E-state index is 15.1. The molecule has 0 spiro atoms. The molecule has 0 heterocycles. The van der Waals surface area contributed by atoms with Gasteiger partial charge in [-0.25, -0.2) is 12.8 Å². The first-order valence-corrected chi connectivity index (χ1v) is 15.6. The van der Waals surface area contributed by atoms with Crippen molar-refractivity contribution in [3.63, 3.8) is 0 Å². The number of rotatable bonds is 12. The van der Waals surface area contributed by atoms with Crippen LogP contribution in [0.2, 0.25) is 0 Å². The van der Waals surface area contributed by atoms with E-state index in [-0.39, 0.29) is 29.1 Å². The quantitative estimate of drug-likeness (QED) is 0.310. The Labute approximate surface area is 247 Å². The molecule has 0 saturated heterocycles. The third kappa shape index (κ3) is 7.28. The normalized spacial score (nSPS) is 14.3. The number of hydrogen-bond acceptors (Lipinski definition) is 5. The summed E-state index contributed by atoms with van der Waals surface area (Å²) in [5.41, 5.74) is 1.33. The number of halogens is 1. The van der Waals surface area contributed by atoms with E-state index in [1.165, 1.54) is 35.2 Å². The maximum Gasteiger partial charge on any atom is 0.264 e. The Bertz CT molecular complexity index is 1470. The Morgan fingerprint density at radius 2 is 1.64 bits per heavy atom. The number of carbonyl (C=O) groups is 2. The van der Waals surface area contributed by atoms with Gasteiger partial charge in [-0.1, -0.05) is 61.7 Å². The van der Waals surface area contributed by atoms with E-state index in [1.807, 2.05) is 13.8 Å². The number of nitrogens with zero attached hydrogens (tertiary/aromatic N) is 2. The molecule has 2 amide bonds. The molecule has 1 aliphatic carbocycles. The molecular weight excluding hydrogens is 557 g/mol. The zero-order chi connectivity index (χ0) is 30.3. The molecule has 4 rings (SSSR count). The van der Waals surface area contributed by atoms with E-state index in [4.69, 9.17) is 4.74 Å². The fraction of sp³-hybridized carbons (Fsp3) is 0.375. The van der Waals surface area contributed by atoms with E-state index in [2.05, 4.69) is 5.32 Å². The molecule has 1 unspecified atom stereocenters. The summed E-state index contributed by atoms with van der Waals surface area (Å²) in [5.74, 6) is -1.06. The van der Waals surface area contributed by atoms with E-state index in [9.17, 15) is 18.0 Å². The highest BCUT2D eigenvalue weighted by atomic mass is 32.2. The van der Waals surface area contributed by atoms with Gasteiger partial charge in [0.2, 0.25) is 11.8 Å².